The highest BCUT2D eigenvalue weighted by Crippen LogP contribution is 2.22. The van der Waals surface area contributed by atoms with Gasteiger partial charge in [0.1, 0.15) is 5.75 Å². The first-order valence-electron chi connectivity index (χ1n) is 6.35. The number of ketones is 1. The molecule has 21 heavy (non-hydrogen) atoms. The minimum atomic E-state index is -0.0742. The van der Waals surface area contributed by atoms with E-state index in [1.54, 1.807) is 37.5 Å². The van der Waals surface area contributed by atoms with E-state index in [-0.39, 0.29) is 5.78 Å². The van der Waals surface area contributed by atoms with Crippen molar-refractivity contribution in [1.82, 2.24) is 0 Å². The molecule has 0 bridgehead atoms. The second-order valence-corrected chi connectivity index (χ2v) is 5.11. The van der Waals surface area contributed by atoms with Gasteiger partial charge in [-0.25, -0.2) is 0 Å². The Hall–Kier alpha value is -1.77. The predicted octanol–water partition coefficient (Wildman–Crippen LogP) is 4.98. The average Bonchev–Trinajstić information content (AvgIpc) is 2.52. The molecule has 2 aromatic carbocycles. The molecule has 2 nitrogen and oxygen atoms in total. The Labute approximate surface area is 134 Å². The van der Waals surface area contributed by atoms with E-state index in [0.717, 1.165) is 16.9 Å². The molecule has 0 aromatic heterocycles. The Morgan fingerprint density at radius 2 is 1.90 bits per heavy atom. The van der Waals surface area contributed by atoms with Gasteiger partial charge in [-0.05, 0) is 48.0 Å². The summed E-state index contributed by atoms with van der Waals surface area (Å²) in [5.74, 6) is 1.02. The number of halogens is 2. The summed E-state index contributed by atoms with van der Waals surface area (Å²) in [6, 6.07) is 12.4. The van der Waals surface area contributed by atoms with Gasteiger partial charge in [0.15, 0.2) is 5.78 Å². The monoisotopic (exact) mass is 320 g/mol. The Balaban J connectivity index is 2.17. The molecule has 2 rings (SSSR count). The van der Waals surface area contributed by atoms with Crippen molar-refractivity contribution in [1.29, 1.82) is 0 Å². The minimum Gasteiger partial charge on any atom is -0.496 e. The van der Waals surface area contributed by atoms with Crippen molar-refractivity contribution in [2.24, 2.45) is 0 Å². The molecule has 0 amide bonds. The Morgan fingerprint density at radius 3 is 2.52 bits per heavy atom. The smallest absolute Gasteiger partial charge is 0.185 e. The molecule has 0 fully saturated rings. The summed E-state index contributed by atoms with van der Waals surface area (Å²) in [4.78, 5) is 12.0. The molecule has 0 radical (unpaired) electrons. The van der Waals surface area contributed by atoms with E-state index >= 15 is 0 Å². The summed E-state index contributed by atoms with van der Waals surface area (Å²) >= 11 is 11.7. The van der Waals surface area contributed by atoms with Crippen LogP contribution in [0.15, 0.2) is 48.5 Å². The molecule has 2 aromatic rings. The molecular weight excluding hydrogens is 307 g/mol. The molecule has 4 heteroatoms. The quantitative estimate of drug-likeness (QED) is 0.441. The van der Waals surface area contributed by atoms with Crippen molar-refractivity contribution in [3.63, 3.8) is 0 Å². The Morgan fingerprint density at radius 1 is 1.19 bits per heavy atom. The fraction of sp³-hybridized carbons (Fsp3) is 0.118. The van der Waals surface area contributed by atoms with E-state index in [4.69, 9.17) is 27.9 Å². The molecule has 0 aliphatic heterocycles. The SMILES string of the molecule is COc1ccc(/C=C/C(=O)c2ccc(Cl)cc2)cc1CCl. The van der Waals surface area contributed by atoms with Gasteiger partial charge in [-0.2, -0.15) is 0 Å². The Kier molecular flexibility index (Phi) is 5.43. The third kappa shape index (κ3) is 4.10. The zero-order chi connectivity index (χ0) is 15.2. The van der Waals surface area contributed by atoms with Crippen LogP contribution >= 0.6 is 23.2 Å². The lowest BCUT2D eigenvalue weighted by Gasteiger charge is -2.06. The van der Waals surface area contributed by atoms with E-state index in [0.29, 0.717) is 16.5 Å². The second-order valence-electron chi connectivity index (χ2n) is 4.41. The summed E-state index contributed by atoms with van der Waals surface area (Å²) < 4.78 is 5.21. The highest BCUT2D eigenvalue weighted by molar-refractivity contribution is 6.30. The van der Waals surface area contributed by atoms with Gasteiger partial charge in [0.25, 0.3) is 0 Å². The van der Waals surface area contributed by atoms with E-state index < -0.39 is 0 Å². The van der Waals surface area contributed by atoms with Crippen molar-refractivity contribution in [3.8, 4) is 5.75 Å². The third-order valence-corrected chi connectivity index (χ3v) is 3.54. The zero-order valence-electron chi connectivity index (χ0n) is 11.5. The van der Waals surface area contributed by atoms with E-state index in [1.165, 1.54) is 6.08 Å². The molecule has 0 N–H and O–H groups in total. The fourth-order valence-corrected chi connectivity index (χ4v) is 2.22. The summed E-state index contributed by atoms with van der Waals surface area (Å²) in [5, 5.41) is 0.609. The summed E-state index contributed by atoms with van der Waals surface area (Å²) in [6.45, 7) is 0. The lowest BCUT2D eigenvalue weighted by Crippen LogP contribution is -1.93. The third-order valence-electron chi connectivity index (χ3n) is 3.00. The number of rotatable bonds is 5. The topological polar surface area (TPSA) is 26.3 Å². The summed E-state index contributed by atoms with van der Waals surface area (Å²) in [5.41, 5.74) is 2.38. The lowest BCUT2D eigenvalue weighted by atomic mass is 10.1. The van der Waals surface area contributed by atoms with Crippen molar-refractivity contribution in [2.45, 2.75) is 5.88 Å². The van der Waals surface area contributed by atoms with Crippen molar-refractivity contribution in [3.05, 3.63) is 70.3 Å². The number of methoxy groups -OCH3 is 1. The van der Waals surface area contributed by atoms with Gasteiger partial charge in [-0.3, -0.25) is 4.79 Å². The first-order chi connectivity index (χ1) is 10.1. The molecule has 0 spiro atoms. The van der Waals surface area contributed by atoms with Crippen LogP contribution in [0, 0.1) is 0 Å². The zero-order valence-corrected chi connectivity index (χ0v) is 13.0. The largest absolute Gasteiger partial charge is 0.496 e. The molecular formula is C17H14Cl2O2. The van der Waals surface area contributed by atoms with Crippen LogP contribution in [0.1, 0.15) is 21.5 Å². The number of carbonyl (C=O) groups excluding carboxylic acids is 1. The van der Waals surface area contributed by atoms with Crippen LogP contribution in [0.3, 0.4) is 0 Å². The molecule has 0 saturated carbocycles. The number of alkyl halides is 1. The van der Waals surface area contributed by atoms with Gasteiger partial charge in [0, 0.05) is 16.1 Å². The van der Waals surface area contributed by atoms with Crippen LogP contribution < -0.4 is 4.74 Å². The summed E-state index contributed by atoms with van der Waals surface area (Å²) in [6.07, 6.45) is 3.29. The fourth-order valence-electron chi connectivity index (χ4n) is 1.89. The minimum absolute atomic E-state index is 0.0742. The average molecular weight is 321 g/mol. The highest BCUT2D eigenvalue weighted by atomic mass is 35.5. The van der Waals surface area contributed by atoms with Gasteiger partial charge < -0.3 is 4.74 Å². The number of ether oxygens (including phenoxy) is 1. The van der Waals surface area contributed by atoms with Crippen LogP contribution in [0.4, 0.5) is 0 Å². The van der Waals surface area contributed by atoms with E-state index in [1.807, 2.05) is 18.2 Å². The molecule has 0 aliphatic carbocycles. The molecule has 0 unspecified atom stereocenters. The first kappa shape index (κ1) is 15.6. The summed E-state index contributed by atoms with van der Waals surface area (Å²) in [7, 11) is 1.60. The van der Waals surface area contributed by atoms with Crippen LogP contribution in [0.25, 0.3) is 6.08 Å². The van der Waals surface area contributed by atoms with Gasteiger partial charge >= 0.3 is 0 Å². The maximum atomic E-state index is 12.0. The molecule has 0 saturated heterocycles. The van der Waals surface area contributed by atoms with Gasteiger partial charge in [-0.15, -0.1) is 11.6 Å². The van der Waals surface area contributed by atoms with Gasteiger partial charge in [0.05, 0.1) is 13.0 Å². The van der Waals surface area contributed by atoms with Crippen LogP contribution in [0.5, 0.6) is 5.75 Å². The standard InChI is InChI=1S/C17H14Cl2O2/c1-21-17-9-3-12(10-14(17)11-18)2-8-16(20)13-4-6-15(19)7-5-13/h2-10H,11H2,1H3/b8-2+. The Bertz CT molecular complexity index is 661. The van der Waals surface area contributed by atoms with Crippen LogP contribution in [-0.2, 0) is 5.88 Å². The number of allylic oxidation sites excluding steroid dienone is 1. The van der Waals surface area contributed by atoms with Crippen molar-refractivity contribution >= 4 is 35.1 Å². The second kappa shape index (κ2) is 7.30. The van der Waals surface area contributed by atoms with Gasteiger partial charge in [0.2, 0.25) is 0 Å². The van der Waals surface area contributed by atoms with Crippen LogP contribution in [0.2, 0.25) is 5.02 Å². The maximum Gasteiger partial charge on any atom is 0.185 e. The van der Waals surface area contributed by atoms with Crippen molar-refractivity contribution < 1.29 is 9.53 Å². The lowest BCUT2D eigenvalue weighted by molar-refractivity contribution is 0.104. The highest BCUT2D eigenvalue weighted by Gasteiger charge is 2.04. The van der Waals surface area contributed by atoms with E-state index in [9.17, 15) is 4.79 Å². The molecule has 0 aliphatic rings. The normalized spacial score (nSPS) is 10.8. The number of benzene rings is 2. The molecule has 0 heterocycles. The van der Waals surface area contributed by atoms with E-state index in [2.05, 4.69) is 0 Å². The van der Waals surface area contributed by atoms with Crippen LogP contribution in [-0.4, -0.2) is 12.9 Å². The maximum absolute atomic E-state index is 12.0. The molecule has 0 atom stereocenters. The van der Waals surface area contributed by atoms with Crippen molar-refractivity contribution in [2.75, 3.05) is 7.11 Å². The molecule has 108 valence electrons. The number of carbonyl (C=O) groups is 1. The first-order valence-corrected chi connectivity index (χ1v) is 7.26. The van der Waals surface area contributed by atoms with Gasteiger partial charge in [-0.1, -0.05) is 23.7 Å². The number of hydrogen-bond donors (Lipinski definition) is 0. The number of hydrogen-bond acceptors (Lipinski definition) is 2. The predicted molar refractivity (Wildman–Crippen MR) is 87.4 cm³/mol.